The molecular weight excluding hydrogens is 294 g/mol. The number of hydrogen-bond acceptors (Lipinski definition) is 5. The van der Waals surface area contributed by atoms with E-state index in [0.717, 1.165) is 5.56 Å². The molecule has 1 N–H and O–H groups in total. The van der Waals surface area contributed by atoms with Crippen LogP contribution >= 0.6 is 24.0 Å². The predicted molar refractivity (Wildman–Crippen MR) is 83.5 cm³/mol. The molecule has 0 aliphatic carbocycles. The maximum absolute atomic E-state index is 11.6. The van der Waals surface area contributed by atoms with Crippen LogP contribution in [0.1, 0.15) is 18.9 Å². The van der Waals surface area contributed by atoms with Gasteiger partial charge in [-0.05, 0) is 23.8 Å². The number of carbonyl (C=O) groups excluding carboxylic acids is 2. The standard InChI is InChI=1S/C14H13NO3S2/c1-2-10(16)8-18-11-5-3-4-9(6-11)7-12-13(17)15-14(19)20-12/h3-7H,2,8H2,1H3,(H,15,17,19)/b12-7-. The second-order valence-electron chi connectivity index (χ2n) is 4.11. The molecular formula is C14H13NO3S2. The minimum Gasteiger partial charge on any atom is -0.486 e. The number of thiocarbonyl (C=S) groups is 1. The van der Waals surface area contributed by atoms with Gasteiger partial charge in [-0.1, -0.05) is 43.0 Å². The highest BCUT2D eigenvalue weighted by atomic mass is 32.2. The van der Waals surface area contributed by atoms with E-state index < -0.39 is 0 Å². The fraction of sp³-hybridized carbons (Fsp3) is 0.214. The normalized spacial score (nSPS) is 16.4. The van der Waals surface area contributed by atoms with Crippen molar-refractivity contribution in [3.05, 3.63) is 34.7 Å². The lowest BCUT2D eigenvalue weighted by molar-refractivity contribution is -0.120. The fourth-order valence-corrected chi connectivity index (χ4v) is 2.58. The quantitative estimate of drug-likeness (QED) is 0.669. The monoisotopic (exact) mass is 307 g/mol. The Kier molecular flexibility index (Phi) is 4.92. The molecule has 2 rings (SSSR count). The number of benzene rings is 1. The number of thioether (sulfide) groups is 1. The zero-order valence-corrected chi connectivity index (χ0v) is 12.5. The Morgan fingerprint density at radius 2 is 2.30 bits per heavy atom. The molecule has 0 radical (unpaired) electrons. The first kappa shape index (κ1) is 14.7. The molecule has 1 fully saturated rings. The molecule has 0 aromatic heterocycles. The maximum atomic E-state index is 11.6. The van der Waals surface area contributed by atoms with E-state index in [-0.39, 0.29) is 18.3 Å². The maximum Gasteiger partial charge on any atom is 0.263 e. The molecule has 1 amide bonds. The number of ether oxygens (including phenoxy) is 1. The molecule has 6 heteroatoms. The van der Waals surface area contributed by atoms with Crippen molar-refractivity contribution in [1.29, 1.82) is 0 Å². The summed E-state index contributed by atoms with van der Waals surface area (Å²) in [7, 11) is 0. The highest BCUT2D eigenvalue weighted by molar-refractivity contribution is 8.26. The average molecular weight is 307 g/mol. The van der Waals surface area contributed by atoms with Gasteiger partial charge in [-0.15, -0.1) is 0 Å². The molecule has 104 valence electrons. The Morgan fingerprint density at radius 3 is 2.95 bits per heavy atom. The van der Waals surface area contributed by atoms with Gasteiger partial charge in [-0.25, -0.2) is 0 Å². The van der Waals surface area contributed by atoms with Crippen LogP contribution in [0.3, 0.4) is 0 Å². The summed E-state index contributed by atoms with van der Waals surface area (Å²) in [6, 6.07) is 7.23. The highest BCUT2D eigenvalue weighted by Crippen LogP contribution is 2.26. The summed E-state index contributed by atoms with van der Waals surface area (Å²) in [6.45, 7) is 1.86. The van der Waals surface area contributed by atoms with E-state index in [1.165, 1.54) is 11.8 Å². The number of ketones is 1. The third-order valence-electron chi connectivity index (χ3n) is 2.59. The molecule has 1 aliphatic rings. The lowest BCUT2D eigenvalue weighted by Gasteiger charge is -2.05. The van der Waals surface area contributed by atoms with Gasteiger partial charge in [-0.3, -0.25) is 9.59 Å². The molecule has 1 saturated heterocycles. The zero-order valence-electron chi connectivity index (χ0n) is 10.8. The van der Waals surface area contributed by atoms with Crippen molar-refractivity contribution in [3.63, 3.8) is 0 Å². The first-order chi connectivity index (χ1) is 9.58. The Bertz CT molecular complexity index is 596. The molecule has 1 aromatic carbocycles. The first-order valence-electron chi connectivity index (χ1n) is 6.08. The van der Waals surface area contributed by atoms with E-state index in [1.54, 1.807) is 25.1 Å². The summed E-state index contributed by atoms with van der Waals surface area (Å²) in [5.74, 6) is 0.462. The van der Waals surface area contributed by atoms with Gasteiger partial charge in [0, 0.05) is 6.42 Å². The third kappa shape index (κ3) is 3.91. The minimum absolute atomic E-state index is 0.0461. The molecule has 0 spiro atoms. The summed E-state index contributed by atoms with van der Waals surface area (Å²) in [4.78, 5) is 23.3. The van der Waals surface area contributed by atoms with Crippen LogP contribution < -0.4 is 10.1 Å². The molecule has 0 saturated carbocycles. The molecule has 0 atom stereocenters. The number of Topliss-reactive ketones (excluding diaryl/α,β-unsaturated/α-hetero) is 1. The van der Waals surface area contributed by atoms with Gasteiger partial charge in [0.05, 0.1) is 4.91 Å². The van der Waals surface area contributed by atoms with E-state index >= 15 is 0 Å². The van der Waals surface area contributed by atoms with Crippen LogP contribution in [0.4, 0.5) is 0 Å². The van der Waals surface area contributed by atoms with Crippen molar-refractivity contribution < 1.29 is 14.3 Å². The number of hydrogen-bond donors (Lipinski definition) is 1. The summed E-state index contributed by atoms with van der Waals surface area (Å²) in [5.41, 5.74) is 0.828. The van der Waals surface area contributed by atoms with Crippen molar-refractivity contribution in [2.75, 3.05) is 6.61 Å². The highest BCUT2D eigenvalue weighted by Gasteiger charge is 2.21. The van der Waals surface area contributed by atoms with Gasteiger partial charge in [0.2, 0.25) is 0 Å². The number of nitrogens with one attached hydrogen (secondary N) is 1. The smallest absolute Gasteiger partial charge is 0.263 e. The Hall–Kier alpha value is -1.66. The lowest BCUT2D eigenvalue weighted by atomic mass is 10.2. The van der Waals surface area contributed by atoms with Crippen LogP contribution in [-0.2, 0) is 9.59 Å². The largest absolute Gasteiger partial charge is 0.486 e. The molecule has 0 unspecified atom stereocenters. The number of amides is 1. The fourth-order valence-electron chi connectivity index (χ4n) is 1.53. The van der Waals surface area contributed by atoms with Gasteiger partial charge < -0.3 is 10.1 Å². The molecule has 4 nitrogen and oxygen atoms in total. The molecule has 20 heavy (non-hydrogen) atoms. The molecule has 0 bridgehead atoms. The van der Waals surface area contributed by atoms with E-state index in [1.807, 2.05) is 12.1 Å². The first-order valence-corrected chi connectivity index (χ1v) is 7.30. The summed E-state index contributed by atoms with van der Waals surface area (Å²) < 4.78 is 5.86. The second-order valence-corrected chi connectivity index (χ2v) is 5.82. The van der Waals surface area contributed by atoms with Crippen LogP contribution in [0.5, 0.6) is 5.75 Å². The van der Waals surface area contributed by atoms with Crippen molar-refractivity contribution in [1.82, 2.24) is 5.32 Å². The van der Waals surface area contributed by atoms with Gasteiger partial charge >= 0.3 is 0 Å². The van der Waals surface area contributed by atoms with Crippen LogP contribution in [-0.4, -0.2) is 22.6 Å². The lowest BCUT2D eigenvalue weighted by Crippen LogP contribution is -2.17. The second kappa shape index (κ2) is 6.67. The van der Waals surface area contributed by atoms with Crippen molar-refractivity contribution in [2.45, 2.75) is 13.3 Å². The number of rotatable bonds is 5. The number of carbonyl (C=O) groups is 2. The van der Waals surface area contributed by atoms with Gasteiger partial charge in [-0.2, -0.15) is 0 Å². The average Bonchev–Trinajstić information content (AvgIpc) is 2.74. The molecule has 1 heterocycles. The Morgan fingerprint density at radius 1 is 1.50 bits per heavy atom. The van der Waals surface area contributed by atoms with E-state index in [0.29, 0.717) is 21.4 Å². The molecule has 1 aliphatic heterocycles. The summed E-state index contributed by atoms with van der Waals surface area (Å²) >= 11 is 6.16. The van der Waals surface area contributed by atoms with E-state index in [9.17, 15) is 9.59 Å². The SMILES string of the molecule is CCC(=O)COc1cccc(/C=C2\SC(=S)NC2=O)c1. The summed E-state index contributed by atoms with van der Waals surface area (Å²) in [6.07, 6.45) is 2.20. The topological polar surface area (TPSA) is 55.4 Å². The summed E-state index contributed by atoms with van der Waals surface area (Å²) in [5, 5.41) is 2.56. The van der Waals surface area contributed by atoms with Crippen LogP contribution in [0.15, 0.2) is 29.2 Å². The van der Waals surface area contributed by atoms with Gasteiger partial charge in [0.15, 0.2) is 5.78 Å². The Labute approximate surface area is 126 Å². The predicted octanol–water partition coefficient (Wildman–Crippen LogP) is 2.53. The third-order valence-corrected chi connectivity index (χ3v) is 3.75. The van der Waals surface area contributed by atoms with Crippen molar-refractivity contribution in [3.8, 4) is 5.75 Å². The van der Waals surface area contributed by atoms with E-state index in [4.69, 9.17) is 17.0 Å². The van der Waals surface area contributed by atoms with Crippen molar-refractivity contribution in [2.24, 2.45) is 0 Å². The zero-order chi connectivity index (χ0) is 14.5. The minimum atomic E-state index is -0.188. The van der Waals surface area contributed by atoms with Gasteiger partial charge in [0.1, 0.15) is 16.7 Å². The van der Waals surface area contributed by atoms with Crippen LogP contribution in [0.25, 0.3) is 6.08 Å². The van der Waals surface area contributed by atoms with Crippen LogP contribution in [0.2, 0.25) is 0 Å². The van der Waals surface area contributed by atoms with Gasteiger partial charge in [0.25, 0.3) is 5.91 Å². The van der Waals surface area contributed by atoms with Crippen LogP contribution in [0, 0.1) is 0 Å². The Balaban J connectivity index is 2.10. The van der Waals surface area contributed by atoms with E-state index in [2.05, 4.69) is 5.32 Å². The molecule has 1 aromatic rings. The van der Waals surface area contributed by atoms with Crippen molar-refractivity contribution >= 4 is 46.1 Å².